The van der Waals surface area contributed by atoms with Crippen LogP contribution >= 0.6 is 0 Å². The van der Waals surface area contributed by atoms with E-state index in [1.807, 2.05) is 72.4 Å². The third-order valence-corrected chi connectivity index (χ3v) is 6.33. The molecular weight excluding hydrogens is 458 g/mol. The molecule has 1 aliphatic heterocycles. The van der Waals surface area contributed by atoms with Crippen molar-refractivity contribution in [2.75, 3.05) is 13.1 Å². The van der Waals surface area contributed by atoms with Crippen LogP contribution in [0, 0.1) is 11.8 Å². The Balaban J connectivity index is 1.36. The second-order valence-corrected chi connectivity index (χ2v) is 10.2. The zero-order valence-electron chi connectivity index (χ0n) is 21.2. The second kappa shape index (κ2) is 10.4. The van der Waals surface area contributed by atoms with Gasteiger partial charge in [0.1, 0.15) is 23.8 Å². The molecule has 0 saturated carbocycles. The normalized spacial score (nSPS) is 17.7. The summed E-state index contributed by atoms with van der Waals surface area (Å²) in [5.41, 5.74) is 2.38. The maximum atomic E-state index is 12.5. The Kier molecular flexibility index (Phi) is 7.33. The average molecular weight is 492 g/mol. The summed E-state index contributed by atoms with van der Waals surface area (Å²) in [6.07, 6.45) is 1.91. The Labute approximate surface area is 211 Å². The number of carboxylic acid groups (broad SMARTS) is 1. The molecule has 1 fully saturated rings. The van der Waals surface area contributed by atoms with E-state index >= 15 is 0 Å². The summed E-state index contributed by atoms with van der Waals surface area (Å²) in [5, 5.41) is 9.71. The van der Waals surface area contributed by atoms with Crippen LogP contribution in [-0.2, 0) is 29.6 Å². The summed E-state index contributed by atoms with van der Waals surface area (Å²) < 4.78 is 13.4. The van der Waals surface area contributed by atoms with Gasteiger partial charge >= 0.3 is 12.1 Å². The zero-order valence-corrected chi connectivity index (χ0v) is 21.2. The van der Waals surface area contributed by atoms with Gasteiger partial charge in [0, 0.05) is 25.7 Å². The molecule has 2 aromatic carbocycles. The molecule has 0 aliphatic carbocycles. The van der Waals surface area contributed by atoms with Crippen LogP contribution < -0.4 is 4.74 Å². The number of hydrogen-bond donors (Lipinski definition) is 1. The molecule has 8 nitrogen and oxygen atoms in total. The maximum Gasteiger partial charge on any atom is 0.410 e. The molecule has 0 bridgehead atoms. The largest absolute Gasteiger partial charge is 0.487 e. The van der Waals surface area contributed by atoms with E-state index in [9.17, 15) is 14.7 Å². The predicted octanol–water partition coefficient (Wildman–Crippen LogP) is 4.78. The fourth-order valence-electron chi connectivity index (χ4n) is 4.45. The number of imidazole rings is 1. The smallest absolute Gasteiger partial charge is 0.410 e. The predicted molar refractivity (Wildman–Crippen MR) is 136 cm³/mol. The van der Waals surface area contributed by atoms with E-state index in [2.05, 4.69) is 4.98 Å². The first-order valence-electron chi connectivity index (χ1n) is 12.1. The number of carbonyl (C=O) groups excluding carboxylic acids is 1. The molecule has 8 heteroatoms. The van der Waals surface area contributed by atoms with Gasteiger partial charge in [-0.25, -0.2) is 9.78 Å². The van der Waals surface area contributed by atoms with Gasteiger partial charge in [0.2, 0.25) is 0 Å². The van der Waals surface area contributed by atoms with Gasteiger partial charge in [-0.2, -0.15) is 0 Å². The number of aromatic nitrogens is 2. The van der Waals surface area contributed by atoms with Gasteiger partial charge in [-0.05, 0) is 50.8 Å². The molecule has 3 aromatic rings. The minimum absolute atomic E-state index is 0.159. The maximum absolute atomic E-state index is 12.5. The van der Waals surface area contributed by atoms with Crippen molar-refractivity contribution in [2.24, 2.45) is 18.9 Å². The number of hydrogen-bond acceptors (Lipinski definition) is 5. The lowest BCUT2D eigenvalue weighted by molar-refractivity contribution is -0.142. The van der Waals surface area contributed by atoms with E-state index in [0.29, 0.717) is 19.6 Å². The van der Waals surface area contributed by atoms with Crippen LogP contribution in [0.1, 0.15) is 32.0 Å². The molecule has 0 spiro atoms. The van der Waals surface area contributed by atoms with Crippen molar-refractivity contribution >= 4 is 12.1 Å². The van der Waals surface area contributed by atoms with E-state index in [-0.39, 0.29) is 12.5 Å². The lowest BCUT2D eigenvalue weighted by atomic mass is 9.90. The highest BCUT2D eigenvalue weighted by Gasteiger charge is 2.40. The van der Waals surface area contributed by atoms with Crippen molar-refractivity contribution in [3.05, 3.63) is 72.1 Å². The van der Waals surface area contributed by atoms with Gasteiger partial charge in [0.15, 0.2) is 0 Å². The first-order valence-corrected chi connectivity index (χ1v) is 12.1. The van der Waals surface area contributed by atoms with E-state index in [1.54, 1.807) is 20.8 Å². The zero-order chi connectivity index (χ0) is 25.9. The van der Waals surface area contributed by atoms with Crippen LogP contribution in [0.2, 0.25) is 0 Å². The van der Waals surface area contributed by atoms with Gasteiger partial charge in [-0.3, -0.25) is 4.79 Å². The van der Waals surface area contributed by atoms with Crippen molar-refractivity contribution in [1.29, 1.82) is 0 Å². The molecule has 36 heavy (non-hydrogen) atoms. The number of ether oxygens (including phenoxy) is 2. The lowest BCUT2D eigenvalue weighted by Crippen LogP contribution is -2.36. The van der Waals surface area contributed by atoms with E-state index in [4.69, 9.17) is 9.47 Å². The molecule has 1 amide bonds. The third-order valence-electron chi connectivity index (χ3n) is 6.33. The van der Waals surface area contributed by atoms with Gasteiger partial charge in [-0.15, -0.1) is 0 Å². The van der Waals surface area contributed by atoms with E-state index in [1.165, 1.54) is 4.90 Å². The van der Waals surface area contributed by atoms with Crippen LogP contribution in [0.5, 0.6) is 5.75 Å². The standard InChI is InChI=1S/C28H33N3O5/c1-28(2,3)36-27(34)31-16-21(24(17-31)26(32)33)14-19-10-12-23(13-11-19)35-18-22-15-29-25(30(22)4)20-8-6-5-7-9-20/h5-13,15,21,24H,14,16-18H2,1-4H3,(H,32,33)/t21-,24-/m1/s1. The number of carboxylic acids is 1. The topological polar surface area (TPSA) is 93.9 Å². The van der Waals surface area contributed by atoms with E-state index in [0.717, 1.165) is 28.4 Å². The molecule has 1 aliphatic rings. The monoisotopic (exact) mass is 491 g/mol. The lowest BCUT2D eigenvalue weighted by Gasteiger charge is -2.24. The molecule has 0 radical (unpaired) electrons. The summed E-state index contributed by atoms with van der Waals surface area (Å²) in [6.45, 7) is 6.29. The first-order chi connectivity index (χ1) is 17.1. The molecule has 1 saturated heterocycles. The molecule has 2 atom stereocenters. The highest BCUT2D eigenvalue weighted by atomic mass is 16.6. The van der Waals surface area contributed by atoms with Crippen molar-refractivity contribution in [1.82, 2.24) is 14.5 Å². The van der Waals surface area contributed by atoms with Crippen molar-refractivity contribution in [3.63, 3.8) is 0 Å². The molecule has 0 unspecified atom stereocenters. The molecule has 4 rings (SSSR count). The molecule has 190 valence electrons. The van der Waals surface area contributed by atoms with Crippen LogP contribution in [0.3, 0.4) is 0 Å². The number of rotatable bonds is 7. The summed E-state index contributed by atoms with van der Waals surface area (Å²) in [6, 6.07) is 17.7. The number of carbonyl (C=O) groups is 2. The molecule has 1 N–H and O–H groups in total. The van der Waals surface area contributed by atoms with Gasteiger partial charge in [-0.1, -0.05) is 42.5 Å². The number of likely N-dealkylation sites (tertiary alicyclic amines) is 1. The van der Waals surface area contributed by atoms with Crippen LogP contribution in [0.15, 0.2) is 60.8 Å². The molecule has 2 heterocycles. The van der Waals surface area contributed by atoms with Crippen molar-refractivity contribution in [2.45, 2.75) is 39.4 Å². The molecule has 1 aromatic heterocycles. The molecular formula is C28H33N3O5. The number of amides is 1. The van der Waals surface area contributed by atoms with Gasteiger partial charge in [0.05, 0.1) is 17.8 Å². The number of benzene rings is 2. The first kappa shape index (κ1) is 25.3. The highest BCUT2D eigenvalue weighted by molar-refractivity contribution is 5.74. The SMILES string of the molecule is Cn1c(COc2ccc(C[C@@H]3CN(C(=O)OC(C)(C)C)C[C@H]3C(=O)O)cc2)cnc1-c1ccccc1. The fraction of sp³-hybridized carbons (Fsp3) is 0.393. The minimum Gasteiger partial charge on any atom is -0.487 e. The Morgan fingerprint density at radius 3 is 2.39 bits per heavy atom. The average Bonchev–Trinajstić information content (AvgIpc) is 3.42. The van der Waals surface area contributed by atoms with Crippen LogP contribution in [0.25, 0.3) is 11.4 Å². The number of nitrogens with zero attached hydrogens (tertiary/aromatic N) is 3. The highest BCUT2D eigenvalue weighted by Crippen LogP contribution is 2.29. The Bertz CT molecular complexity index is 1200. The summed E-state index contributed by atoms with van der Waals surface area (Å²) in [4.78, 5) is 30.3. The summed E-state index contributed by atoms with van der Waals surface area (Å²) in [7, 11) is 1.97. The van der Waals surface area contributed by atoms with Crippen molar-refractivity contribution < 1.29 is 24.2 Å². The van der Waals surface area contributed by atoms with Crippen LogP contribution in [-0.4, -0.2) is 50.3 Å². The minimum atomic E-state index is -0.892. The second-order valence-electron chi connectivity index (χ2n) is 10.2. The third kappa shape index (κ3) is 6.05. The Morgan fingerprint density at radius 2 is 1.75 bits per heavy atom. The Morgan fingerprint density at radius 1 is 1.06 bits per heavy atom. The quantitative estimate of drug-likeness (QED) is 0.511. The Hall–Kier alpha value is -3.81. The summed E-state index contributed by atoms with van der Waals surface area (Å²) >= 11 is 0. The number of aliphatic carboxylic acids is 1. The van der Waals surface area contributed by atoms with Gasteiger partial charge in [0.25, 0.3) is 0 Å². The fourth-order valence-corrected chi connectivity index (χ4v) is 4.45. The van der Waals surface area contributed by atoms with Crippen LogP contribution in [0.4, 0.5) is 4.79 Å². The van der Waals surface area contributed by atoms with Crippen molar-refractivity contribution in [3.8, 4) is 17.1 Å². The van der Waals surface area contributed by atoms with Gasteiger partial charge < -0.3 is 24.0 Å². The summed E-state index contributed by atoms with van der Waals surface area (Å²) in [5.74, 6) is -0.103. The van der Waals surface area contributed by atoms with E-state index < -0.39 is 23.6 Å².